The highest BCUT2D eigenvalue weighted by molar-refractivity contribution is 6.09. The van der Waals surface area contributed by atoms with E-state index in [2.05, 4.69) is 63.3 Å². The van der Waals surface area contributed by atoms with Crippen LogP contribution in [0.1, 0.15) is 76.3 Å². The molecule has 6 atom stereocenters. The van der Waals surface area contributed by atoms with Crippen LogP contribution in [0.4, 0.5) is 0 Å². The number of ether oxygens (including phenoxy) is 1. The predicted octanol–water partition coefficient (Wildman–Crippen LogP) is 6.62. The lowest BCUT2D eigenvalue weighted by Gasteiger charge is -2.59. The summed E-state index contributed by atoms with van der Waals surface area (Å²) in [6.45, 7) is 4.45. The lowest BCUT2D eigenvalue weighted by atomic mass is 9.53. The van der Waals surface area contributed by atoms with Crippen molar-refractivity contribution in [1.29, 1.82) is 0 Å². The number of ketones is 1. The van der Waals surface area contributed by atoms with Gasteiger partial charge in [-0.1, -0.05) is 30.4 Å². The van der Waals surface area contributed by atoms with Crippen molar-refractivity contribution in [3.05, 3.63) is 60.5 Å². The van der Waals surface area contributed by atoms with E-state index in [9.17, 15) is 4.79 Å². The van der Waals surface area contributed by atoms with E-state index in [-0.39, 0.29) is 5.41 Å². The molecule has 0 radical (unpaired) electrons. The second kappa shape index (κ2) is 9.35. The molecular weight excluding hydrogens is 520 g/mol. The summed E-state index contributed by atoms with van der Waals surface area (Å²) in [6, 6.07) is 11.1. The molecule has 7 heterocycles. The molecule has 4 fully saturated rings. The molecule has 6 aliphatic rings. The fraction of sp³-hybridized carbons (Fsp3) is 0.556. The van der Waals surface area contributed by atoms with Crippen LogP contribution < -0.4 is 0 Å². The predicted molar refractivity (Wildman–Crippen MR) is 166 cm³/mol. The molecule has 1 aliphatic carbocycles. The number of pyridine rings is 1. The highest BCUT2D eigenvalue weighted by Gasteiger charge is 2.77. The number of fused-ring (bicyclic) bond motifs is 4. The molecule has 1 aromatic carbocycles. The summed E-state index contributed by atoms with van der Waals surface area (Å²) in [5.41, 5.74) is 4.00. The third-order valence-electron chi connectivity index (χ3n) is 11.8. The fourth-order valence-electron chi connectivity index (χ4n) is 10.5. The summed E-state index contributed by atoms with van der Waals surface area (Å²) in [5.74, 6) is 0.795. The molecule has 42 heavy (non-hydrogen) atoms. The SMILES string of the molecule is O=C1CCCCN2[C@@H]3[C@@]45CN6CCCC/C=C\CC[C@@]3(C=C(c3nccc7c3[nH]c3ccccc37)[C@H]4CC6)O[C@@]2(C1)C5. The van der Waals surface area contributed by atoms with E-state index < -0.39 is 11.3 Å². The van der Waals surface area contributed by atoms with E-state index in [1.165, 1.54) is 41.2 Å². The number of hydrogen-bond donors (Lipinski definition) is 1. The average Bonchev–Trinajstić information content (AvgIpc) is 3.56. The van der Waals surface area contributed by atoms with Crippen LogP contribution in [0.3, 0.4) is 0 Å². The fourth-order valence-corrected chi connectivity index (χ4v) is 10.5. The zero-order valence-corrected chi connectivity index (χ0v) is 24.6. The van der Waals surface area contributed by atoms with Gasteiger partial charge in [0.2, 0.25) is 0 Å². The van der Waals surface area contributed by atoms with Crippen molar-refractivity contribution in [3.63, 3.8) is 0 Å². The van der Waals surface area contributed by atoms with Crippen molar-refractivity contribution in [3.8, 4) is 0 Å². The zero-order chi connectivity index (χ0) is 27.9. The number of nitrogens with one attached hydrogen (secondary N) is 1. The number of nitrogens with zero attached hydrogens (tertiary/aromatic N) is 3. The van der Waals surface area contributed by atoms with Crippen LogP contribution in [0.15, 0.2) is 54.8 Å². The average molecular weight is 563 g/mol. The first-order chi connectivity index (χ1) is 20.6. The van der Waals surface area contributed by atoms with Gasteiger partial charge in [0.15, 0.2) is 0 Å². The van der Waals surface area contributed by atoms with E-state index in [4.69, 9.17) is 9.72 Å². The summed E-state index contributed by atoms with van der Waals surface area (Å²) in [4.78, 5) is 27.8. The highest BCUT2D eigenvalue weighted by Crippen LogP contribution is 2.70. The maximum absolute atomic E-state index is 13.3. The molecule has 0 amide bonds. The monoisotopic (exact) mass is 562 g/mol. The summed E-state index contributed by atoms with van der Waals surface area (Å²) < 4.78 is 7.49. The summed E-state index contributed by atoms with van der Waals surface area (Å²) >= 11 is 0. The van der Waals surface area contributed by atoms with Gasteiger partial charge < -0.3 is 14.6 Å². The van der Waals surface area contributed by atoms with Crippen molar-refractivity contribution in [1.82, 2.24) is 19.8 Å². The minimum Gasteiger partial charge on any atom is -0.353 e. The summed E-state index contributed by atoms with van der Waals surface area (Å²) in [7, 11) is 0. The Kier molecular flexibility index (Phi) is 5.71. The molecule has 0 saturated carbocycles. The lowest BCUT2D eigenvalue weighted by Crippen LogP contribution is -2.65. The third kappa shape index (κ3) is 3.55. The van der Waals surface area contributed by atoms with E-state index in [0.717, 1.165) is 75.8 Å². The van der Waals surface area contributed by atoms with Gasteiger partial charge in [0.25, 0.3) is 0 Å². The minimum atomic E-state index is -0.462. The Balaban J connectivity index is 1.28. The molecule has 3 aromatic rings. The van der Waals surface area contributed by atoms with Gasteiger partial charge in [-0.05, 0) is 101 Å². The molecule has 1 spiro atoms. The van der Waals surface area contributed by atoms with Gasteiger partial charge in [0, 0.05) is 53.8 Å². The number of aromatic nitrogens is 2. The number of para-hydroxylation sites is 1. The molecule has 6 nitrogen and oxygen atoms in total. The highest BCUT2D eigenvalue weighted by atomic mass is 16.6. The Morgan fingerprint density at radius 3 is 2.86 bits per heavy atom. The molecule has 2 aromatic heterocycles. The number of piperidine rings is 1. The zero-order valence-electron chi connectivity index (χ0n) is 24.6. The van der Waals surface area contributed by atoms with Crippen LogP contribution >= 0.6 is 0 Å². The van der Waals surface area contributed by atoms with Crippen LogP contribution in [0.25, 0.3) is 27.4 Å². The Labute approximate surface area is 248 Å². The van der Waals surface area contributed by atoms with Crippen molar-refractivity contribution >= 4 is 33.2 Å². The normalized spacial score (nSPS) is 39.2. The van der Waals surface area contributed by atoms with Crippen molar-refractivity contribution < 1.29 is 9.53 Å². The Morgan fingerprint density at radius 1 is 0.976 bits per heavy atom. The van der Waals surface area contributed by atoms with Gasteiger partial charge in [-0.2, -0.15) is 0 Å². The van der Waals surface area contributed by atoms with Crippen molar-refractivity contribution in [2.45, 2.75) is 88.0 Å². The first kappa shape index (κ1) is 25.7. The molecule has 1 unspecified atom stereocenters. The molecule has 9 rings (SSSR count). The third-order valence-corrected chi connectivity index (χ3v) is 11.8. The van der Waals surface area contributed by atoms with Gasteiger partial charge in [-0.25, -0.2) is 0 Å². The van der Waals surface area contributed by atoms with Gasteiger partial charge in [-0.3, -0.25) is 14.7 Å². The molecular formula is C36H42N4O2. The van der Waals surface area contributed by atoms with Gasteiger partial charge in [0.1, 0.15) is 17.1 Å². The van der Waals surface area contributed by atoms with Crippen molar-refractivity contribution in [2.24, 2.45) is 11.3 Å². The Bertz CT molecular complexity index is 1640. The van der Waals surface area contributed by atoms with Crippen molar-refractivity contribution in [2.75, 3.05) is 26.2 Å². The first-order valence-electron chi connectivity index (χ1n) is 16.6. The van der Waals surface area contributed by atoms with Gasteiger partial charge in [-0.15, -0.1) is 0 Å². The van der Waals surface area contributed by atoms with Gasteiger partial charge in [0.05, 0.1) is 17.3 Å². The standard InChI is InChI=1S/C36H42N4O2/c41-25-11-7-10-19-40-33-34-23-36(40,21-25)42-35(33)16-8-3-1-2-4-9-18-39(24-34)20-15-29(34)28(22-35)31-32-27(14-17-37-31)26-12-5-6-13-30(26)38-32/h1,3,5-6,12-14,17,22,29,33,38H,2,4,7-11,15-16,18-21,23-24H2/b3-1-/t29-,33-,34+,35+,36+/m1/s1. The molecule has 4 saturated heterocycles. The summed E-state index contributed by atoms with van der Waals surface area (Å²) in [6.07, 6.45) is 20.5. The topological polar surface area (TPSA) is 61.5 Å². The van der Waals surface area contributed by atoms with E-state index in [1.54, 1.807) is 0 Å². The van der Waals surface area contributed by atoms with Crippen LogP contribution in [0.5, 0.6) is 0 Å². The molecule has 218 valence electrons. The second-order valence-corrected chi connectivity index (χ2v) is 14.2. The number of Topliss-reactive ketones (excluding diaryl/α,β-unsaturated/α-hetero) is 1. The number of benzene rings is 1. The minimum absolute atomic E-state index is 0.0544. The number of H-pyrrole nitrogens is 1. The molecule has 5 aliphatic heterocycles. The Morgan fingerprint density at radius 2 is 1.88 bits per heavy atom. The summed E-state index contributed by atoms with van der Waals surface area (Å²) in [5, 5.41) is 2.51. The number of carbonyl (C=O) groups is 1. The maximum atomic E-state index is 13.3. The van der Waals surface area contributed by atoms with Crippen LogP contribution in [0, 0.1) is 11.3 Å². The Hall–Kier alpha value is -2.80. The molecule has 5 bridgehead atoms. The number of hydrogen-bond acceptors (Lipinski definition) is 5. The van der Waals surface area contributed by atoms with Crippen LogP contribution in [0.2, 0.25) is 0 Å². The largest absolute Gasteiger partial charge is 0.353 e. The number of aromatic amines is 1. The number of rotatable bonds is 1. The molecule has 6 heteroatoms. The molecule has 1 N–H and O–H groups in total. The second-order valence-electron chi connectivity index (χ2n) is 14.2. The smallest absolute Gasteiger partial charge is 0.137 e. The number of allylic oxidation sites excluding steroid dienone is 3. The quantitative estimate of drug-likeness (QED) is 0.338. The number of carbonyl (C=O) groups excluding carboxylic acids is 1. The van der Waals surface area contributed by atoms with Gasteiger partial charge >= 0.3 is 0 Å². The van der Waals surface area contributed by atoms with E-state index in [0.29, 0.717) is 30.6 Å². The lowest BCUT2D eigenvalue weighted by molar-refractivity contribution is -0.181. The van der Waals surface area contributed by atoms with E-state index in [1.807, 2.05) is 6.20 Å². The first-order valence-corrected chi connectivity index (χ1v) is 16.6. The maximum Gasteiger partial charge on any atom is 0.137 e. The van der Waals surface area contributed by atoms with E-state index >= 15 is 0 Å². The van der Waals surface area contributed by atoms with Crippen LogP contribution in [-0.4, -0.2) is 69.1 Å². The van der Waals surface area contributed by atoms with Crippen LogP contribution in [-0.2, 0) is 9.53 Å².